The molecule has 2 unspecified atom stereocenters. The van der Waals surface area contributed by atoms with Crippen LogP contribution in [-0.2, 0) is 14.9 Å². The third-order valence-electron chi connectivity index (χ3n) is 7.48. The lowest BCUT2D eigenvalue weighted by atomic mass is 10.1. The second-order valence-electron chi connectivity index (χ2n) is 11.8. The van der Waals surface area contributed by atoms with Gasteiger partial charge in [-0.2, -0.15) is 8.42 Å². The Labute approximate surface area is 265 Å². The standard InChI is InChI=1S/C36H65NO5S/c1-3-5-7-9-11-13-15-16-17-18-19-20-21-22-24-26-28-30-32-36(39)37-34(33-43(40,41)42)35(38)31-29-27-25-23-14-12-10-8-6-4-2/h13-15,17-18,23,29,31,34-35,38H,3-12,16,19-22,24-28,30,32-33H2,1-2H3,(H,37,39)(H,40,41,42)/b15-13-,18-17-,23-14+,31-29+. The molecule has 0 saturated heterocycles. The van der Waals surface area contributed by atoms with E-state index in [0.717, 1.165) is 51.4 Å². The Kier molecular flexibility index (Phi) is 29.1. The lowest BCUT2D eigenvalue weighted by Crippen LogP contribution is -2.46. The van der Waals surface area contributed by atoms with Crippen LogP contribution in [0, 0.1) is 0 Å². The highest BCUT2D eigenvalue weighted by Gasteiger charge is 2.24. The average Bonchev–Trinajstić information content (AvgIpc) is 2.96. The Morgan fingerprint density at radius 2 is 1.07 bits per heavy atom. The molecule has 7 heteroatoms. The first-order chi connectivity index (χ1) is 20.8. The maximum Gasteiger partial charge on any atom is 0.267 e. The maximum absolute atomic E-state index is 12.4. The van der Waals surface area contributed by atoms with E-state index in [1.54, 1.807) is 6.08 Å². The number of rotatable bonds is 30. The van der Waals surface area contributed by atoms with E-state index in [4.69, 9.17) is 0 Å². The number of amides is 1. The Hall–Kier alpha value is -1.70. The van der Waals surface area contributed by atoms with Gasteiger partial charge in [-0.05, 0) is 64.2 Å². The molecule has 43 heavy (non-hydrogen) atoms. The van der Waals surface area contributed by atoms with Gasteiger partial charge in [0.1, 0.15) is 0 Å². The van der Waals surface area contributed by atoms with Gasteiger partial charge in [-0.25, -0.2) is 0 Å². The number of hydrogen-bond acceptors (Lipinski definition) is 4. The lowest BCUT2D eigenvalue weighted by molar-refractivity contribution is -0.122. The molecule has 0 rings (SSSR count). The molecular weight excluding hydrogens is 558 g/mol. The molecule has 250 valence electrons. The number of hydrogen-bond donors (Lipinski definition) is 3. The molecule has 0 aromatic carbocycles. The van der Waals surface area contributed by atoms with Gasteiger partial charge in [0, 0.05) is 6.42 Å². The van der Waals surface area contributed by atoms with E-state index >= 15 is 0 Å². The summed E-state index contributed by atoms with van der Waals surface area (Å²) in [6, 6.07) is -1.08. The lowest BCUT2D eigenvalue weighted by Gasteiger charge is -2.21. The molecule has 0 bridgehead atoms. The van der Waals surface area contributed by atoms with Gasteiger partial charge in [0.2, 0.25) is 5.91 Å². The third kappa shape index (κ3) is 31.5. The van der Waals surface area contributed by atoms with E-state index in [1.807, 2.05) is 0 Å². The van der Waals surface area contributed by atoms with Gasteiger partial charge < -0.3 is 10.4 Å². The number of carbonyl (C=O) groups excluding carboxylic acids is 1. The molecule has 2 atom stereocenters. The van der Waals surface area contributed by atoms with Crippen LogP contribution < -0.4 is 5.32 Å². The first-order valence-electron chi connectivity index (χ1n) is 17.3. The van der Waals surface area contributed by atoms with E-state index < -0.39 is 28.0 Å². The normalized spacial score (nSPS) is 14.0. The van der Waals surface area contributed by atoms with Crippen molar-refractivity contribution in [1.29, 1.82) is 0 Å². The average molecular weight is 624 g/mol. The van der Waals surface area contributed by atoms with E-state index in [9.17, 15) is 22.9 Å². The summed E-state index contributed by atoms with van der Waals surface area (Å²) in [6.45, 7) is 4.44. The van der Waals surface area contributed by atoms with Gasteiger partial charge in [-0.1, -0.05) is 133 Å². The number of allylic oxidation sites excluding steroid dienone is 7. The molecule has 0 aromatic rings. The predicted octanol–water partition coefficient (Wildman–Crippen LogP) is 9.57. The minimum absolute atomic E-state index is 0.277. The summed E-state index contributed by atoms with van der Waals surface area (Å²) in [5, 5.41) is 13.1. The molecule has 0 spiro atoms. The van der Waals surface area contributed by atoms with Crippen molar-refractivity contribution < 1.29 is 22.9 Å². The van der Waals surface area contributed by atoms with Crippen LogP contribution in [0.1, 0.15) is 155 Å². The second-order valence-corrected chi connectivity index (χ2v) is 13.3. The van der Waals surface area contributed by atoms with Crippen molar-refractivity contribution in [3.8, 4) is 0 Å². The fourth-order valence-corrected chi connectivity index (χ4v) is 5.58. The minimum Gasteiger partial charge on any atom is -0.387 e. The highest BCUT2D eigenvalue weighted by Crippen LogP contribution is 2.11. The molecule has 0 heterocycles. The summed E-state index contributed by atoms with van der Waals surface area (Å²) in [7, 11) is -4.35. The van der Waals surface area contributed by atoms with Crippen LogP contribution in [0.15, 0.2) is 48.6 Å². The topological polar surface area (TPSA) is 104 Å². The van der Waals surface area contributed by atoms with Gasteiger partial charge in [0.15, 0.2) is 0 Å². The quantitative estimate of drug-likeness (QED) is 0.0420. The van der Waals surface area contributed by atoms with E-state index in [1.165, 1.54) is 83.1 Å². The van der Waals surface area contributed by atoms with Crippen LogP contribution in [0.4, 0.5) is 0 Å². The van der Waals surface area contributed by atoms with Crippen molar-refractivity contribution in [3.63, 3.8) is 0 Å². The van der Waals surface area contributed by atoms with E-state index in [2.05, 4.69) is 55.6 Å². The van der Waals surface area contributed by atoms with Gasteiger partial charge in [0.25, 0.3) is 10.1 Å². The van der Waals surface area contributed by atoms with Crippen LogP contribution in [0.5, 0.6) is 0 Å². The highest BCUT2D eigenvalue weighted by atomic mass is 32.2. The Morgan fingerprint density at radius 1 is 0.628 bits per heavy atom. The number of aliphatic hydroxyl groups excluding tert-OH is 1. The SMILES string of the molecule is CCCCCC/C=C\C/C=C\CCCCCCCCCC(=O)NC(CS(=O)(=O)O)C(O)/C=C/CC/C=C/CCCCCC. The largest absolute Gasteiger partial charge is 0.387 e. The van der Waals surface area contributed by atoms with Crippen LogP contribution in [0.2, 0.25) is 0 Å². The van der Waals surface area contributed by atoms with Crippen molar-refractivity contribution in [2.45, 2.75) is 167 Å². The number of nitrogens with one attached hydrogen (secondary N) is 1. The van der Waals surface area contributed by atoms with Gasteiger partial charge in [0.05, 0.1) is 17.9 Å². The van der Waals surface area contributed by atoms with Crippen molar-refractivity contribution in [3.05, 3.63) is 48.6 Å². The molecule has 0 aliphatic carbocycles. The maximum atomic E-state index is 12.4. The monoisotopic (exact) mass is 623 g/mol. The van der Waals surface area contributed by atoms with Gasteiger partial charge in [-0.3, -0.25) is 9.35 Å². The Bertz CT molecular complexity index is 863. The smallest absolute Gasteiger partial charge is 0.267 e. The summed E-state index contributed by atoms with van der Waals surface area (Å²) >= 11 is 0. The Balaban J connectivity index is 4.02. The van der Waals surface area contributed by atoms with E-state index in [-0.39, 0.29) is 12.3 Å². The molecule has 0 saturated carbocycles. The molecule has 0 aromatic heterocycles. The fourth-order valence-electron chi connectivity index (χ4n) is 4.85. The predicted molar refractivity (Wildman–Crippen MR) is 184 cm³/mol. The number of unbranched alkanes of at least 4 members (excludes halogenated alkanes) is 16. The summed E-state index contributed by atoms with van der Waals surface area (Å²) in [5.74, 6) is -1.02. The summed E-state index contributed by atoms with van der Waals surface area (Å²) < 4.78 is 32.2. The van der Waals surface area contributed by atoms with Crippen molar-refractivity contribution in [2.24, 2.45) is 0 Å². The van der Waals surface area contributed by atoms with Crippen LogP contribution in [0.25, 0.3) is 0 Å². The molecule has 1 amide bonds. The van der Waals surface area contributed by atoms with Gasteiger partial charge >= 0.3 is 0 Å². The van der Waals surface area contributed by atoms with Gasteiger partial charge in [-0.15, -0.1) is 0 Å². The highest BCUT2D eigenvalue weighted by molar-refractivity contribution is 7.85. The summed E-state index contributed by atoms with van der Waals surface area (Å²) in [4.78, 5) is 12.4. The third-order valence-corrected chi connectivity index (χ3v) is 8.26. The Morgan fingerprint density at radius 3 is 1.60 bits per heavy atom. The number of aliphatic hydroxyl groups is 1. The van der Waals surface area contributed by atoms with Crippen molar-refractivity contribution in [2.75, 3.05) is 5.75 Å². The van der Waals surface area contributed by atoms with Crippen molar-refractivity contribution in [1.82, 2.24) is 5.32 Å². The van der Waals surface area contributed by atoms with Crippen LogP contribution in [0.3, 0.4) is 0 Å². The first kappa shape index (κ1) is 41.3. The fraction of sp³-hybridized carbons (Fsp3) is 0.750. The zero-order valence-corrected chi connectivity index (χ0v) is 28.4. The molecule has 6 nitrogen and oxygen atoms in total. The van der Waals surface area contributed by atoms with Crippen LogP contribution in [-0.4, -0.2) is 41.9 Å². The van der Waals surface area contributed by atoms with E-state index in [0.29, 0.717) is 6.42 Å². The zero-order valence-electron chi connectivity index (χ0n) is 27.6. The van der Waals surface area contributed by atoms with Crippen LogP contribution >= 0.6 is 0 Å². The second kappa shape index (κ2) is 30.3. The molecule has 3 N–H and O–H groups in total. The first-order valence-corrected chi connectivity index (χ1v) is 18.9. The molecule has 0 aliphatic rings. The summed E-state index contributed by atoms with van der Waals surface area (Å²) in [6.07, 6.45) is 39.5. The molecule has 0 radical (unpaired) electrons. The zero-order chi connectivity index (χ0) is 31.9. The minimum atomic E-state index is -4.35. The number of carbonyl (C=O) groups is 1. The van der Waals surface area contributed by atoms with Crippen molar-refractivity contribution >= 4 is 16.0 Å². The molecule has 0 fully saturated rings. The molecule has 0 aliphatic heterocycles. The molecular formula is C36H65NO5S. The summed E-state index contributed by atoms with van der Waals surface area (Å²) in [5.41, 5.74) is 0.